The second-order valence-corrected chi connectivity index (χ2v) is 4.24. The van der Waals surface area contributed by atoms with Gasteiger partial charge in [-0.2, -0.15) is 0 Å². The molecule has 0 aliphatic rings. The van der Waals surface area contributed by atoms with Crippen LogP contribution >= 0.6 is 15.9 Å². The molecule has 2 rings (SSSR count). The fourth-order valence-corrected chi connectivity index (χ4v) is 2.10. The second kappa shape index (κ2) is 4.93. The molecule has 90 valence electrons. The van der Waals surface area contributed by atoms with Crippen LogP contribution in [0.25, 0.3) is 11.4 Å². The highest BCUT2D eigenvalue weighted by Gasteiger charge is 2.15. The Balaban J connectivity index is 2.60. The molecule has 0 atom stereocenters. The molecule has 0 saturated carbocycles. The van der Waals surface area contributed by atoms with E-state index in [9.17, 15) is 4.39 Å². The standard InChI is InChI=1S/C11H11BrFN3O/c1-2-16-9(6-17)14-15-11(16)7-4-3-5-8(13)10(7)12/h3-5,17H,2,6H2,1H3. The van der Waals surface area contributed by atoms with E-state index in [0.29, 0.717) is 28.2 Å². The Hall–Kier alpha value is -1.27. The number of aliphatic hydroxyl groups excluding tert-OH is 1. The number of hydrogen-bond acceptors (Lipinski definition) is 3. The molecule has 0 fully saturated rings. The fraction of sp³-hybridized carbons (Fsp3) is 0.273. The van der Waals surface area contributed by atoms with E-state index in [-0.39, 0.29) is 12.4 Å². The first-order valence-electron chi connectivity index (χ1n) is 5.16. The third-order valence-corrected chi connectivity index (χ3v) is 3.28. The summed E-state index contributed by atoms with van der Waals surface area (Å²) in [7, 11) is 0. The molecule has 0 aliphatic carbocycles. The van der Waals surface area contributed by atoms with Gasteiger partial charge in [0.15, 0.2) is 11.6 Å². The minimum atomic E-state index is -0.348. The molecule has 4 nitrogen and oxygen atoms in total. The molecule has 0 saturated heterocycles. The summed E-state index contributed by atoms with van der Waals surface area (Å²) in [5.74, 6) is 0.667. The van der Waals surface area contributed by atoms with E-state index in [1.165, 1.54) is 6.07 Å². The maximum atomic E-state index is 13.4. The minimum absolute atomic E-state index is 0.187. The van der Waals surface area contributed by atoms with E-state index >= 15 is 0 Å². The number of rotatable bonds is 3. The molecule has 1 aromatic heterocycles. The van der Waals surface area contributed by atoms with Gasteiger partial charge in [0.2, 0.25) is 0 Å². The molecular weight excluding hydrogens is 289 g/mol. The summed E-state index contributed by atoms with van der Waals surface area (Å²) < 4.78 is 15.5. The molecular formula is C11H11BrFN3O. The van der Waals surface area contributed by atoms with Gasteiger partial charge in [-0.05, 0) is 35.0 Å². The van der Waals surface area contributed by atoms with Gasteiger partial charge in [0.25, 0.3) is 0 Å². The van der Waals surface area contributed by atoms with Crippen LogP contribution in [0.15, 0.2) is 22.7 Å². The van der Waals surface area contributed by atoms with Crippen LogP contribution in [0.4, 0.5) is 4.39 Å². The Labute approximate surface area is 106 Å². The topological polar surface area (TPSA) is 50.9 Å². The van der Waals surface area contributed by atoms with Gasteiger partial charge in [-0.25, -0.2) is 4.39 Å². The summed E-state index contributed by atoms with van der Waals surface area (Å²) in [6.07, 6.45) is 0. The van der Waals surface area contributed by atoms with E-state index in [1.54, 1.807) is 16.7 Å². The SMILES string of the molecule is CCn1c(CO)nnc1-c1cccc(F)c1Br. The quantitative estimate of drug-likeness (QED) is 0.946. The summed E-state index contributed by atoms with van der Waals surface area (Å²) >= 11 is 3.19. The van der Waals surface area contributed by atoms with Crippen molar-refractivity contribution < 1.29 is 9.50 Å². The Bertz CT molecular complexity index is 542. The van der Waals surface area contributed by atoms with Crippen LogP contribution < -0.4 is 0 Å². The number of halogens is 2. The van der Waals surface area contributed by atoms with Crippen LogP contribution in [0.3, 0.4) is 0 Å². The van der Waals surface area contributed by atoms with Crippen molar-refractivity contribution in [2.45, 2.75) is 20.1 Å². The smallest absolute Gasteiger partial charge is 0.165 e. The molecule has 17 heavy (non-hydrogen) atoms. The Morgan fingerprint density at radius 1 is 1.41 bits per heavy atom. The van der Waals surface area contributed by atoms with Crippen LogP contribution in [0.5, 0.6) is 0 Å². The predicted molar refractivity (Wildman–Crippen MR) is 64.7 cm³/mol. The highest BCUT2D eigenvalue weighted by atomic mass is 79.9. The van der Waals surface area contributed by atoms with Crippen LogP contribution in [0.2, 0.25) is 0 Å². The van der Waals surface area contributed by atoms with Crippen molar-refractivity contribution in [2.24, 2.45) is 0 Å². The van der Waals surface area contributed by atoms with Gasteiger partial charge in [-0.1, -0.05) is 6.07 Å². The van der Waals surface area contributed by atoms with Gasteiger partial charge in [-0.15, -0.1) is 10.2 Å². The van der Waals surface area contributed by atoms with Crippen LogP contribution in [-0.4, -0.2) is 19.9 Å². The third kappa shape index (κ3) is 2.10. The van der Waals surface area contributed by atoms with Gasteiger partial charge in [0.05, 0.1) is 4.47 Å². The van der Waals surface area contributed by atoms with Crippen LogP contribution in [-0.2, 0) is 13.2 Å². The predicted octanol–water partition coefficient (Wildman–Crippen LogP) is 2.36. The lowest BCUT2D eigenvalue weighted by molar-refractivity contribution is 0.265. The third-order valence-electron chi connectivity index (χ3n) is 2.48. The lowest BCUT2D eigenvalue weighted by Crippen LogP contribution is -2.04. The van der Waals surface area contributed by atoms with Crippen molar-refractivity contribution >= 4 is 15.9 Å². The van der Waals surface area contributed by atoms with E-state index in [0.717, 1.165) is 0 Å². The van der Waals surface area contributed by atoms with E-state index in [1.807, 2.05) is 6.92 Å². The molecule has 1 aromatic carbocycles. The lowest BCUT2D eigenvalue weighted by Gasteiger charge is -2.08. The zero-order chi connectivity index (χ0) is 12.4. The normalized spacial score (nSPS) is 10.8. The zero-order valence-electron chi connectivity index (χ0n) is 9.19. The average Bonchev–Trinajstić information content (AvgIpc) is 2.75. The van der Waals surface area contributed by atoms with Crippen molar-refractivity contribution in [3.8, 4) is 11.4 Å². The zero-order valence-corrected chi connectivity index (χ0v) is 10.8. The van der Waals surface area contributed by atoms with Crippen LogP contribution in [0.1, 0.15) is 12.7 Å². The average molecular weight is 300 g/mol. The maximum absolute atomic E-state index is 13.4. The highest BCUT2D eigenvalue weighted by Crippen LogP contribution is 2.29. The monoisotopic (exact) mass is 299 g/mol. The molecule has 0 spiro atoms. The highest BCUT2D eigenvalue weighted by molar-refractivity contribution is 9.10. The number of aromatic nitrogens is 3. The molecule has 2 aromatic rings. The van der Waals surface area contributed by atoms with Crippen molar-refractivity contribution in [3.05, 3.63) is 34.3 Å². The molecule has 0 unspecified atom stereocenters. The fourth-order valence-electron chi connectivity index (χ4n) is 1.66. The van der Waals surface area contributed by atoms with Crippen molar-refractivity contribution in [2.75, 3.05) is 0 Å². The first-order valence-corrected chi connectivity index (χ1v) is 5.95. The number of hydrogen-bond donors (Lipinski definition) is 1. The largest absolute Gasteiger partial charge is 0.388 e. The first kappa shape index (κ1) is 12.2. The molecule has 0 radical (unpaired) electrons. The molecule has 0 amide bonds. The van der Waals surface area contributed by atoms with E-state index < -0.39 is 0 Å². The summed E-state index contributed by atoms with van der Waals surface area (Å²) in [5.41, 5.74) is 0.624. The first-order chi connectivity index (χ1) is 8.19. The summed E-state index contributed by atoms with van der Waals surface area (Å²) in [6, 6.07) is 4.74. The molecule has 1 heterocycles. The minimum Gasteiger partial charge on any atom is -0.388 e. The van der Waals surface area contributed by atoms with Crippen LogP contribution in [0, 0.1) is 5.82 Å². The van der Waals surface area contributed by atoms with Crippen molar-refractivity contribution in [1.29, 1.82) is 0 Å². The maximum Gasteiger partial charge on any atom is 0.165 e. The summed E-state index contributed by atoms with van der Waals surface area (Å²) in [5, 5.41) is 17.0. The van der Waals surface area contributed by atoms with Crippen molar-refractivity contribution in [1.82, 2.24) is 14.8 Å². The molecule has 0 bridgehead atoms. The summed E-state index contributed by atoms with van der Waals surface area (Å²) in [4.78, 5) is 0. The number of aliphatic hydroxyl groups is 1. The lowest BCUT2D eigenvalue weighted by atomic mass is 10.2. The number of nitrogens with zero attached hydrogens (tertiary/aromatic N) is 3. The van der Waals surface area contributed by atoms with Gasteiger partial charge in [0, 0.05) is 12.1 Å². The molecule has 1 N–H and O–H groups in total. The van der Waals surface area contributed by atoms with E-state index in [4.69, 9.17) is 5.11 Å². The molecule has 0 aliphatic heterocycles. The van der Waals surface area contributed by atoms with E-state index in [2.05, 4.69) is 26.1 Å². The second-order valence-electron chi connectivity index (χ2n) is 3.44. The van der Waals surface area contributed by atoms with Gasteiger partial charge in [0.1, 0.15) is 12.4 Å². The van der Waals surface area contributed by atoms with Gasteiger partial charge < -0.3 is 9.67 Å². The number of benzene rings is 1. The Kier molecular flexibility index (Phi) is 3.54. The summed E-state index contributed by atoms with van der Waals surface area (Å²) in [6.45, 7) is 2.34. The van der Waals surface area contributed by atoms with Crippen molar-refractivity contribution in [3.63, 3.8) is 0 Å². The molecule has 6 heteroatoms. The Morgan fingerprint density at radius 2 is 2.18 bits per heavy atom. The Morgan fingerprint density at radius 3 is 2.82 bits per heavy atom. The van der Waals surface area contributed by atoms with Gasteiger partial charge in [-0.3, -0.25) is 0 Å². The van der Waals surface area contributed by atoms with Gasteiger partial charge >= 0.3 is 0 Å².